The molecule has 1 N–H and O–H groups in total. The van der Waals surface area contributed by atoms with Crippen LogP contribution in [0.5, 0.6) is 0 Å². The van der Waals surface area contributed by atoms with Crippen molar-refractivity contribution >= 4 is 0 Å². The van der Waals surface area contributed by atoms with Crippen molar-refractivity contribution in [3.8, 4) is 0 Å². The molecule has 1 atom stereocenters. The third kappa shape index (κ3) is 7.25. The number of likely N-dealkylation sites (tertiary alicyclic amines) is 1. The zero-order chi connectivity index (χ0) is 14.1. The number of ether oxygens (including phenoxy) is 1. The van der Waals surface area contributed by atoms with Crippen LogP contribution in [0.2, 0.25) is 0 Å². The molecule has 1 aliphatic rings. The van der Waals surface area contributed by atoms with Gasteiger partial charge in [-0.2, -0.15) is 0 Å². The van der Waals surface area contributed by atoms with E-state index in [2.05, 4.69) is 36.1 Å². The Morgan fingerprint density at radius 3 is 2.63 bits per heavy atom. The Morgan fingerprint density at radius 2 is 2.05 bits per heavy atom. The van der Waals surface area contributed by atoms with Gasteiger partial charge in [-0.1, -0.05) is 6.92 Å². The number of hydrogen-bond acceptors (Lipinski definition) is 4. The molecule has 1 rings (SSSR count). The first-order valence-corrected chi connectivity index (χ1v) is 7.75. The minimum atomic E-state index is 0.459. The zero-order valence-corrected chi connectivity index (χ0v) is 13.3. The summed E-state index contributed by atoms with van der Waals surface area (Å²) < 4.78 is 5.31. The zero-order valence-electron chi connectivity index (χ0n) is 13.3. The predicted octanol–water partition coefficient (Wildman–Crippen LogP) is 1.27. The van der Waals surface area contributed by atoms with E-state index in [1.54, 1.807) is 7.11 Å². The normalized spacial score (nSPS) is 20.1. The average molecular weight is 271 g/mol. The van der Waals surface area contributed by atoms with E-state index in [1.165, 1.54) is 38.9 Å². The first-order valence-electron chi connectivity index (χ1n) is 7.75. The summed E-state index contributed by atoms with van der Waals surface area (Å²) in [6, 6.07) is 0.459. The van der Waals surface area contributed by atoms with Gasteiger partial charge in [0.15, 0.2) is 0 Å². The van der Waals surface area contributed by atoms with Crippen LogP contribution in [0.4, 0.5) is 0 Å². The maximum Gasteiger partial charge on any atom is 0.0628 e. The highest BCUT2D eigenvalue weighted by Gasteiger charge is 2.19. The predicted molar refractivity (Wildman–Crippen MR) is 81.7 cm³/mol. The van der Waals surface area contributed by atoms with Crippen molar-refractivity contribution in [1.82, 2.24) is 15.1 Å². The molecule has 0 amide bonds. The number of piperidine rings is 1. The van der Waals surface area contributed by atoms with E-state index in [9.17, 15) is 0 Å². The fraction of sp³-hybridized carbons (Fsp3) is 1.00. The van der Waals surface area contributed by atoms with E-state index in [0.29, 0.717) is 6.04 Å². The van der Waals surface area contributed by atoms with Gasteiger partial charge >= 0.3 is 0 Å². The second-order valence-electron chi connectivity index (χ2n) is 6.07. The van der Waals surface area contributed by atoms with Gasteiger partial charge in [0.25, 0.3) is 0 Å². The maximum absolute atomic E-state index is 5.31. The van der Waals surface area contributed by atoms with Crippen LogP contribution in [0, 0.1) is 5.92 Å². The summed E-state index contributed by atoms with van der Waals surface area (Å²) in [6.07, 6.45) is 3.87. The van der Waals surface area contributed by atoms with Gasteiger partial charge in [-0.15, -0.1) is 0 Å². The maximum atomic E-state index is 5.31. The molecular weight excluding hydrogens is 238 g/mol. The van der Waals surface area contributed by atoms with Gasteiger partial charge in [0.1, 0.15) is 0 Å². The Bertz CT molecular complexity index is 217. The summed E-state index contributed by atoms with van der Waals surface area (Å²) in [5.74, 6) is 0.871. The van der Waals surface area contributed by atoms with Crippen molar-refractivity contribution in [1.29, 1.82) is 0 Å². The van der Waals surface area contributed by atoms with Gasteiger partial charge in [0, 0.05) is 26.2 Å². The number of nitrogens with one attached hydrogen (secondary N) is 1. The molecule has 1 unspecified atom stereocenters. The summed E-state index contributed by atoms with van der Waals surface area (Å²) >= 11 is 0. The molecule has 0 spiro atoms. The standard InChI is InChI=1S/C15H33N3O/c1-5-8-16-15(13-19-4)12-18(3)11-14-6-9-17(2)10-7-14/h14-16H,5-13H2,1-4H3. The van der Waals surface area contributed by atoms with E-state index in [-0.39, 0.29) is 0 Å². The van der Waals surface area contributed by atoms with E-state index in [0.717, 1.165) is 25.6 Å². The van der Waals surface area contributed by atoms with Crippen LogP contribution in [-0.2, 0) is 4.74 Å². The summed E-state index contributed by atoms with van der Waals surface area (Å²) in [7, 11) is 6.26. The van der Waals surface area contributed by atoms with E-state index in [4.69, 9.17) is 4.74 Å². The molecule has 1 saturated heterocycles. The van der Waals surface area contributed by atoms with Crippen LogP contribution in [0.3, 0.4) is 0 Å². The minimum absolute atomic E-state index is 0.459. The van der Waals surface area contributed by atoms with Gasteiger partial charge in [-0.25, -0.2) is 0 Å². The summed E-state index contributed by atoms with van der Waals surface area (Å²) in [4.78, 5) is 4.91. The van der Waals surface area contributed by atoms with Crippen LogP contribution < -0.4 is 5.32 Å². The summed E-state index contributed by atoms with van der Waals surface area (Å²) in [5.41, 5.74) is 0. The lowest BCUT2D eigenvalue weighted by Crippen LogP contribution is -2.45. The molecule has 0 saturated carbocycles. The highest BCUT2D eigenvalue weighted by atomic mass is 16.5. The molecular formula is C15H33N3O. The van der Waals surface area contributed by atoms with Crippen LogP contribution in [0.15, 0.2) is 0 Å². The Morgan fingerprint density at radius 1 is 1.37 bits per heavy atom. The van der Waals surface area contributed by atoms with Gasteiger partial charge in [0.05, 0.1) is 6.61 Å². The minimum Gasteiger partial charge on any atom is -0.383 e. The molecule has 0 aromatic heterocycles. The van der Waals surface area contributed by atoms with E-state index in [1.807, 2.05) is 0 Å². The summed E-state index contributed by atoms with van der Waals surface area (Å²) in [5, 5.41) is 3.57. The first-order chi connectivity index (χ1) is 9.15. The second-order valence-corrected chi connectivity index (χ2v) is 6.07. The van der Waals surface area contributed by atoms with Gasteiger partial charge < -0.3 is 19.9 Å². The number of methoxy groups -OCH3 is 1. The molecule has 4 nitrogen and oxygen atoms in total. The van der Waals surface area contributed by atoms with Crippen LogP contribution in [0.25, 0.3) is 0 Å². The van der Waals surface area contributed by atoms with Crippen LogP contribution in [-0.4, -0.2) is 76.4 Å². The fourth-order valence-corrected chi connectivity index (χ4v) is 2.86. The van der Waals surface area contributed by atoms with E-state index >= 15 is 0 Å². The second kappa shape index (κ2) is 9.70. The van der Waals surface area contributed by atoms with Crippen molar-refractivity contribution in [2.24, 2.45) is 5.92 Å². The van der Waals surface area contributed by atoms with Crippen molar-refractivity contribution in [3.63, 3.8) is 0 Å². The quantitative estimate of drug-likeness (QED) is 0.683. The topological polar surface area (TPSA) is 27.7 Å². The SMILES string of the molecule is CCCNC(COC)CN(C)CC1CCN(C)CC1. The Balaban J connectivity index is 2.24. The molecule has 114 valence electrons. The van der Waals surface area contributed by atoms with Gasteiger partial charge in [-0.05, 0) is 58.9 Å². The molecule has 0 radical (unpaired) electrons. The monoisotopic (exact) mass is 271 g/mol. The van der Waals surface area contributed by atoms with Crippen molar-refractivity contribution in [3.05, 3.63) is 0 Å². The summed E-state index contributed by atoms with van der Waals surface area (Å²) in [6.45, 7) is 8.91. The Labute approximate surface area is 119 Å². The molecule has 0 aromatic carbocycles. The highest BCUT2D eigenvalue weighted by molar-refractivity contribution is 4.75. The van der Waals surface area contributed by atoms with E-state index < -0.39 is 0 Å². The van der Waals surface area contributed by atoms with Crippen LogP contribution >= 0.6 is 0 Å². The molecule has 1 heterocycles. The number of likely N-dealkylation sites (N-methyl/N-ethyl adjacent to an activating group) is 1. The van der Waals surface area contributed by atoms with Crippen molar-refractivity contribution in [2.45, 2.75) is 32.2 Å². The molecule has 0 aromatic rings. The Hall–Kier alpha value is -0.160. The Kier molecular flexibility index (Phi) is 8.62. The molecule has 0 bridgehead atoms. The van der Waals surface area contributed by atoms with Gasteiger partial charge in [-0.3, -0.25) is 0 Å². The molecule has 1 aliphatic heterocycles. The molecule has 4 heteroatoms. The lowest BCUT2D eigenvalue weighted by atomic mass is 9.96. The highest BCUT2D eigenvalue weighted by Crippen LogP contribution is 2.16. The lowest BCUT2D eigenvalue weighted by Gasteiger charge is -2.33. The van der Waals surface area contributed by atoms with Crippen LogP contribution in [0.1, 0.15) is 26.2 Å². The largest absolute Gasteiger partial charge is 0.383 e. The fourth-order valence-electron chi connectivity index (χ4n) is 2.86. The smallest absolute Gasteiger partial charge is 0.0628 e. The third-order valence-electron chi connectivity index (χ3n) is 3.99. The number of rotatable bonds is 9. The van der Waals surface area contributed by atoms with Crippen molar-refractivity contribution < 1.29 is 4.74 Å². The molecule has 19 heavy (non-hydrogen) atoms. The molecule has 0 aliphatic carbocycles. The van der Waals surface area contributed by atoms with Crippen molar-refractivity contribution in [2.75, 3.05) is 60.5 Å². The third-order valence-corrected chi connectivity index (χ3v) is 3.99. The average Bonchev–Trinajstić information content (AvgIpc) is 2.39. The van der Waals surface area contributed by atoms with Gasteiger partial charge in [0.2, 0.25) is 0 Å². The first kappa shape index (κ1) is 16.9. The lowest BCUT2D eigenvalue weighted by molar-refractivity contribution is 0.129. The molecule has 1 fully saturated rings. The number of nitrogens with zero attached hydrogens (tertiary/aromatic N) is 2. The number of hydrogen-bond donors (Lipinski definition) is 1.